The van der Waals surface area contributed by atoms with Gasteiger partial charge in [0.1, 0.15) is 6.29 Å². The molecule has 3 heteroatoms. The number of nitrogens with zero attached hydrogens (tertiary/aromatic N) is 1. The van der Waals surface area contributed by atoms with Crippen molar-refractivity contribution in [2.24, 2.45) is 0 Å². The van der Waals surface area contributed by atoms with E-state index in [2.05, 4.69) is 11.8 Å². The van der Waals surface area contributed by atoms with Gasteiger partial charge in [-0.1, -0.05) is 86.8 Å². The van der Waals surface area contributed by atoms with Crippen LogP contribution in [0.3, 0.4) is 0 Å². The third kappa shape index (κ3) is 6.93. The zero-order valence-corrected chi connectivity index (χ0v) is 16.5. The van der Waals surface area contributed by atoms with Crippen LogP contribution < -0.4 is 0 Å². The van der Waals surface area contributed by atoms with Crippen LogP contribution in [0.15, 0.2) is 60.7 Å². The van der Waals surface area contributed by atoms with E-state index in [0.717, 1.165) is 24.0 Å². The first-order valence-electron chi connectivity index (χ1n) is 10.2. The van der Waals surface area contributed by atoms with Gasteiger partial charge < -0.3 is 9.90 Å². The SMILES string of the molecule is CCN(CC=O)C1CCCCC1.OCC(c1ccccc1)c1ccccc1. The number of aldehydes is 1. The molecule has 27 heavy (non-hydrogen) atoms. The number of hydrogen-bond donors (Lipinski definition) is 1. The number of aliphatic hydroxyl groups is 1. The summed E-state index contributed by atoms with van der Waals surface area (Å²) in [5.74, 6) is 0.0902. The topological polar surface area (TPSA) is 40.5 Å². The Balaban J connectivity index is 0.000000199. The van der Waals surface area contributed by atoms with Crippen LogP contribution in [-0.4, -0.2) is 42.0 Å². The monoisotopic (exact) mass is 367 g/mol. The molecular formula is C24H33NO2. The van der Waals surface area contributed by atoms with Crippen LogP contribution in [0.25, 0.3) is 0 Å². The number of carbonyl (C=O) groups excluding carboxylic acids is 1. The maximum atomic E-state index is 10.4. The highest BCUT2D eigenvalue weighted by molar-refractivity contribution is 5.52. The number of hydrogen-bond acceptors (Lipinski definition) is 3. The Kier molecular flexibility index (Phi) is 9.81. The molecular weight excluding hydrogens is 334 g/mol. The lowest BCUT2D eigenvalue weighted by Crippen LogP contribution is -2.37. The van der Waals surface area contributed by atoms with E-state index >= 15 is 0 Å². The van der Waals surface area contributed by atoms with Crippen LogP contribution in [-0.2, 0) is 4.79 Å². The lowest BCUT2D eigenvalue weighted by atomic mass is 9.92. The van der Waals surface area contributed by atoms with Crippen LogP contribution in [0.5, 0.6) is 0 Å². The molecule has 146 valence electrons. The quantitative estimate of drug-likeness (QED) is 0.724. The second-order valence-corrected chi connectivity index (χ2v) is 7.10. The first-order valence-corrected chi connectivity index (χ1v) is 10.2. The molecule has 0 aliphatic heterocycles. The smallest absolute Gasteiger partial charge is 0.133 e. The summed E-state index contributed by atoms with van der Waals surface area (Å²) in [5, 5.41) is 9.43. The summed E-state index contributed by atoms with van der Waals surface area (Å²) >= 11 is 0. The van der Waals surface area contributed by atoms with E-state index in [0.29, 0.717) is 12.6 Å². The van der Waals surface area contributed by atoms with Gasteiger partial charge in [-0.2, -0.15) is 0 Å². The van der Waals surface area contributed by atoms with Crippen molar-refractivity contribution >= 4 is 6.29 Å². The van der Waals surface area contributed by atoms with Crippen molar-refractivity contribution in [3.63, 3.8) is 0 Å². The first kappa shape index (κ1) is 21.3. The van der Waals surface area contributed by atoms with E-state index in [1.165, 1.54) is 32.1 Å². The van der Waals surface area contributed by atoms with Crippen LogP contribution in [0, 0.1) is 0 Å². The normalized spacial score (nSPS) is 14.7. The Hall–Kier alpha value is -1.97. The average molecular weight is 368 g/mol. The maximum Gasteiger partial charge on any atom is 0.133 e. The second-order valence-electron chi connectivity index (χ2n) is 7.10. The molecule has 0 atom stereocenters. The lowest BCUT2D eigenvalue weighted by Gasteiger charge is -2.31. The molecule has 1 aliphatic rings. The van der Waals surface area contributed by atoms with E-state index in [4.69, 9.17) is 0 Å². The van der Waals surface area contributed by atoms with Crippen molar-refractivity contribution in [1.29, 1.82) is 0 Å². The largest absolute Gasteiger partial charge is 0.395 e. The van der Waals surface area contributed by atoms with Crippen molar-refractivity contribution in [2.75, 3.05) is 19.7 Å². The molecule has 0 amide bonds. The lowest BCUT2D eigenvalue weighted by molar-refractivity contribution is -0.109. The summed E-state index contributed by atoms with van der Waals surface area (Å²) in [7, 11) is 0. The second kappa shape index (κ2) is 12.4. The Morgan fingerprint density at radius 3 is 1.89 bits per heavy atom. The summed E-state index contributed by atoms with van der Waals surface area (Å²) < 4.78 is 0. The van der Waals surface area contributed by atoms with Gasteiger partial charge in [-0.15, -0.1) is 0 Å². The highest BCUT2D eigenvalue weighted by Gasteiger charge is 2.18. The van der Waals surface area contributed by atoms with Gasteiger partial charge >= 0.3 is 0 Å². The van der Waals surface area contributed by atoms with Crippen molar-refractivity contribution in [3.05, 3.63) is 71.8 Å². The van der Waals surface area contributed by atoms with E-state index in [9.17, 15) is 9.90 Å². The van der Waals surface area contributed by atoms with Crippen LogP contribution >= 0.6 is 0 Å². The molecule has 0 bridgehead atoms. The zero-order chi connectivity index (χ0) is 19.3. The van der Waals surface area contributed by atoms with Crippen LogP contribution in [0.4, 0.5) is 0 Å². The molecule has 1 aliphatic carbocycles. The molecule has 0 heterocycles. The fraction of sp³-hybridized carbons (Fsp3) is 0.458. The molecule has 3 nitrogen and oxygen atoms in total. The first-order chi connectivity index (χ1) is 13.3. The summed E-state index contributed by atoms with van der Waals surface area (Å²) in [4.78, 5) is 12.7. The summed E-state index contributed by atoms with van der Waals surface area (Å²) in [6.45, 7) is 3.93. The summed E-state index contributed by atoms with van der Waals surface area (Å²) in [5.41, 5.74) is 2.32. The maximum absolute atomic E-state index is 10.4. The highest BCUT2D eigenvalue weighted by Crippen LogP contribution is 2.23. The molecule has 2 aromatic carbocycles. The molecule has 0 aromatic heterocycles. The number of benzene rings is 2. The minimum absolute atomic E-state index is 0.0902. The Labute approximate surface area is 164 Å². The van der Waals surface area contributed by atoms with Gasteiger partial charge in [0.05, 0.1) is 13.2 Å². The Bertz CT molecular complexity index is 584. The third-order valence-electron chi connectivity index (χ3n) is 5.39. The molecule has 1 fully saturated rings. The molecule has 0 unspecified atom stereocenters. The highest BCUT2D eigenvalue weighted by atomic mass is 16.3. The number of aliphatic hydroxyl groups excluding tert-OH is 1. The van der Waals surface area contributed by atoms with Gasteiger partial charge in [0, 0.05) is 12.0 Å². The number of rotatable bonds is 7. The number of likely N-dealkylation sites (N-methyl/N-ethyl adjacent to an activating group) is 1. The Morgan fingerprint density at radius 1 is 0.963 bits per heavy atom. The van der Waals surface area contributed by atoms with Gasteiger partial charge in [-0.05, 0) is 30.5 Å². The van der Waals surface area contributed by atoms with Crippen molar-refractivity contribution in [2.45, 2.75) is 51.0 Å². The molecule has 2 aromatic rings. The molecule has 0 spiro atoms. The van der Waals surface area contributed by atoms with E-state index < -0.39 is 0 Å². The van der Waals surface area contributed by atoms with E-state index in [1.807, 2.05) is 60.7 Å². The minimum atomic E-state index is 0.0902. The minimum Gasteiger partial charge on any atom is -0.395 e. The number of carbonyl (C=O) groups is 1. The predicted molar refractivity (Wildman–Crippen MR) is 112 cm³/mol. The van der Waals surface area contributed by atoms with Gasteiger partial charge in [0.2, 0.25) is 0 Å². The van der Waals surface area contributed by atoms with E-state index in [-0.39, 0.29) is 12.5 Å². The van der Waals surface area contributed by atoms with Crippen molar-refractivity contribution < 1.29 is 9.90 Å². The standard InChI is InChI=1S/C14H14O.C10H19NO/c15-11-14(12-7-3-1-4-8-12)13-9-5-2-6-10-13;1-2-11(8-9-12)10-6-4-3-5-7-10/h1-10,14-15H,11H2;9-10H,2-8H2,1H3. The summed E-state index contributed by atoms with van der Waals surface area (Å²) in [6.07, 6.45) is 7.69. The average Bonchev–Trinajstić information content (AvgIpc) is 2.75. The van der Waals surface area contributed by atoms with Gasteiger partial charge in [0.25, 0.3) is 0 Å². The molecule has 3 rings (SSSR count). The van der Waals surface area contributed by atoms with Gasteiger partial charge in [0.15, 0.2) is 0 Å². The Morgan fingerprint density at radius 2 is 1.48 bits per heavy atom. The van der Waals surface area contributed by atoms with E-state index in [1.54, 1.807) is 0 Å². The van der Waals surface area contributed by atoms with Gasteiger partial charge in [-0.25, -0.2) is 0 Å². The van der Waals surface area contributed by atoms with Crippen LogP contribution in [0.1, 0.15) is 56.1 Å². The predicted octanol–water partition coefficient (Wildman–Crippen LogP) is 4.65. The van der Waals surface area contributed by atoms with Crippen LogP contribution in [0.2, 0.25) is 0 Å². The summed E-state index contributed by atoms with van der Waals surface area (Å²) in [6, 6.07) is 20.9. The van der Waals surface area contributed by atoms with Crippen molar-refractivity contribution in [3.8, 4) is 0 Å². The molecule has 1 N–H and O–H groups in total. The van der Waals surface area contributed by atoms with Gasteiger partial charge in [-0.3, -0.25) is 4.90 Å². The molecule has 1 saturated carbocycles. The fourth-order valence-electron chi connectivity index (χ4n) is 3.85. The zero-order valence-electron chi connectivity index (χ0n) is 16.5. The fourth-order valence-corrected chi connectivity index (χ4v) is 3.85. The molecule has 0 saturated heterocycles. The molecule has 0 radical (unpaired) electrons. The van der Waals surface area contributed by atoms with Crippen molar-refractivity contribution in [1.82, 2.24) is 4.90 Å². The third-order valence-corrected chi connectivity index (χ3v) is 5.39.